The zero-order valence-corrected chi connectivity index (χ0v) is 11.8. The number of fused-ring (bicyclic) bond motifs is 1. The summed E-state index contributed by atoms with van der Waals surface area (Å²) in [6, 6.07) is 7.79. The number of ether oxygens (including phenoxy) is 2. The molecule has 0 amide bonds. The van der Waals surface area contributed by atoms with Crippen molar-refractivity contribution >= 4 is 0 Å². The van der Waals surface area contributed by atoms with Gasteiger partial charge in [-0.3, -0.25) is 9.97 Å². The van der Waals surface area contributed by atoms with Crippen molar-refractivity contribution in [3.63, 3.8) is 0 Å². The van der Waals surface area contributed by atoms with Gasteiger partial charge in [0.15, 0.2) is 11.5 Å². The lowest BCUT2D eigenvalue weighted by atomic mass is 10.1. The molecule has 20 heavy (non-hydrogen) atoms. The molecule has 0 spiro atoms. The fourth-order valence-electron chi connectivity index (χ4n) is 2.33. The first-order chi connectivity index (χ1) is 9.72. The van der Waals surface area contributed by atoms with Gasteiger partial charge >= 0.3 is 0 Å². The van der Waals surface area contributed by atoms with Crippen molar-refractivity contribution in [3.05, 3.63) is 47.5 Å². The van der Waals surface area contributed by atoms with Crippen LogP contribution in [0, 0.1) is 13.8 Å². The van der Waals surface area contributed by atoms with Gasteiger partial charge in [0.05, 0.1) is 17.1 Å². The molecular formula is C16H18N2O2. The van der Waals surface area contributed by atoms with Crippen LogP contribution in [0.4, 0.5) is 0 Å². The second-order valence-corrected chi connectivity index (χ2v) is 5.08. The van der Waals surface area contributed by atoms with Gasteiger partial charge in [-0.15, -0.1) is 0 Å². The maximum Gasteiger partial charge on any atom is 0.161 e. The molecule has 4 heteroatoms. The molecular weight excluding hydrogens is 252 g/mol. The molecule has 0 fully saturated rings. The smallest absolute Gasteiger partial charge is 0.161 e. The van der Waals surface area contributed by atoms with Gasteiger partial charge in [0.2, 0.25) is 0 Å². The number of para-hydroxylation sites is 2. The highest BCUT2D eigenvalue weighted by Crippen LogP contribution is 2.31. The van der Waals surface area contributed by atoms with Gasteiger partial charge in [0.25, 0.3) is 0 Å². The first-order valence-electron chi connectivity index (χ1n) is 6.90. The minimum absolute atomic E-state index is 0.0756. The van der Waals surface area contributed by atoms with Crippen LogP contribution in [0.5, 0.6) is 11.5 Å². The first kappa shape index (κ1) is 12.9. The standard InChI is InChI=1S/C16H18N2O2/c1-11-9-17-12(2)14(18-11)8-7-13-10-19-15-5-3-4-6-16(15)20-13/h3-6,9,13H,7-8,10H2,1-2H3/t13-/m1/s1. The predicted octanol–water partition coefficient (Wildman–Crippen LogP) is 2.87. The molecule has 0 aliphatic carbocycles. The molecule has 0 bridgehead atoms. The van der Waals surface area contributed by atoms with Crippen LogP contribution in [0.1, 0.15) is 23.5 Å². The molecule has 0 saturated carbocycles. The number of benzene rings is 1. The highest BCUT2D eigenvalue weighted by molar-refractivity contribution is 5.40. The molecule has 1 aliphatic heterocycles. The van der Waals surface area contributed by atoms with E-state index in [1.165, 1.54) is 0 Å². The van der Waals surface area contributed by atoms with Gasteiger partial charge in [-0.2, -0.15) is 0 Å². The van der Waals surface area contributed by atoms with E-state index in [2.05, 4.69) is 9.97 Å². The Labute approximate surface area is 118 Å². The van der Waals surface area contributed by atoms with E-state index in [-0.39, 0.29) is 6.10 Å². The van der Waals surface area contributed by atoms with Crippen LogP contribution < -0.4 is 9.47 Å². The highest BCUT2D eigenvalue weighted by atomic mass is 16.6. The lowest BCUT2D eigenvalue weighted by molar-refractivity contribution is 0.0849. The number of hydrogen-bond donors (Lipinski definition) is 0. The molecule has 0 saturated heterocycles. The van der Waals surface area contributed by atoms with Crippen LogP contribution in [0.2, 0.25) is 0 Å². The number of aryl methyl sites for hydroxylation is 3. The Bertz CT molecular complexity index is 613. The first-order valence-corrected chi connectivity index (χ1v) is 6.90. The Kier molecular flexibility index (Phi) is 3.54. The molecule has 2 aromatic rings. The lowest BCUT2D eigenvalue weighted by Gasteiger charge is -2.26. The van der Waals surface area contributed by atoms with Crippen molar-refractivity contribution < 1.29 is 9.47 Å². The average molecular weight is 270 g/mol. The SMILES string of the molecule is Cc1cnc(C)c(CC[C@@H]2COc3ccccc3O2)n1. The number of aromatic nitrogens is 2. The molecule has 0 N–H and O–H groups in total. The average Bonchev–Trinajstić information content (AvgIpc) is 2.48. The molecule has 2 heterocycles. The van der Waals surface area contributed by atoms with E-state index in [1.54, 1.807) is 6.20 Å². The summed E-state index contributed by atoms with van der Waals surface area (Å²) in [7, 11) is 0. The highest BCUT2D eigenvalue weighted by Gasteiger charge is 2.20. The summed E-state index contributed by atoms with van der Waals surface area (Å²) in [6.07, 6.45) is 3.62. The second kappa shape index (κ2) is 5.49. The predicted molar refractivity (Wildman–Crippen MR) is 76.2 cm³/mol. The zero-order chi connectivity index (χ0) is 13.9. The summed E-state index contributed by atoms with van der Waals surface area (Å²) in [4.78, 5) is 8.89. The molecule has 1 atom stereocenters. The van der Waals surface area contributed by atoms with Gasteiger partial charge in [0, 0.05) is 6.20 Å². The van der Waals surface area contributed by atoms with Crippen LogP contribution in [0.3, 0.4) is 0 Å². The summed E-state index contributed by atoms with van der Waals surface area (Å²) in [5.41, 5.74) is 3.00. The third-order valence-corrected chi connectivity index (χ3v) is 3.44. The topological polar surface area (TPSA) is 44.2 Å². The third-order valence-electron chi connectivity index (χ3n) is 3.44. The monoisotopic (exact) mass is 270 g/mol. The lowest BCUT2D eigenvalue weighted by Crippen LogP contribution is -2.29. The second-order valence-electron chi connectivity index (χ2n) is 5.08. The van der Waals surface area contributed by atoms with E-state index >= 15 is 0 Å². The van der Waals surface area contributed by atoms with Crippen molar-refractivity contribution in [2.45, 2.75) is 32.8 Å². The molecule has 1 aliphatic rings. The Hall–Kier alpha value is -2.10. The minimum atomic E-state index is 0.0756. The Morgan fingerprint density at radius 1 is 1.20 bits per heavy atom. The van der Waals surface area contributed by atoms with Gasteiger partial charge < -0.3 is 9.47 Å². The van der Waals surface area contributed by atoms with Gasteiger partial charge in [0.1, 0.15) is 12.7 Å². The molecule has 3 rings (SSSR count). The van der Waals surface area contributed by atoms with E-state index in [1.807, 2.05) is 38.1 Å². The maximum atomic E-state index is 5.95. The summed E-state index contributed by atoms with van der Waals surface area (Å²) >= 11 is 0. The van der Waals surface area contributed by atoms with Crippen molar-refractivity contribution in [2.24, 2.45) is 0 Å². The normalized spacial score (nSPS) is 17.0. The van der Waals surface area contributed by atoms with E-state index in [0.29, 0.717) is 6.61 Å². The number of nitrogens with zero attached hydrogens (tertiary/aromatic N) is 2. The summed E-state index contributed by atoms with van der Waals surface area (Å²) in [6.45, 7) is 4.55. The van der Waals surface area contributed by atoms with Crippen LogP contribution in [-0.2, 0) is 6.42 Å². The summed E-state index contributed by atoms with van der Waals surface area (Å²) in [5.74, 6) is 1.66. The molecule has 0 unspecified atom stereocenters. The van der Waals surface area contributed by atoms with E-state index in [9.17, 15) is 0 Å². The molecule has 4 nitrogen and oxygen atoms in total. The Morgan fingerprint density at radius 3 is 2.85 bits per heavy atom. The van der Waals surface area contributed by atoms with Gasteiger partial charge in [-0.05, 0) is 38.8 Å². The van der Waals surface area contributed by atoms with Crippen molar-refractivity contribution in [1.29, 1.82) is 0 Å². The van der Waals surface area contributed by atoms with Crippen LogP contribution >= 0.6 is 0 Å². The van der Waals surface area contributed by atoms with Crippen molar-refractivity contribution in [3.8, 4) is 11.5 Å². The molecule has 1 aromatic carbocycles. The molecule has 104 valence electrons. The van der Waals surface area contributed by atoms with Gasteiger partial charge in [-0.25, -0.2) is 0 Å². The Balaban J connectivity index is 1.64. The van der Waals surface area contributed by atoms with Crippen LogP contribution in [-0.4, -0.2) is 22.7 Å². The fraction of sp³-hybridized carbons (Fsp3) is 0.375. The van der Waals surface area contributed by atoms with Crippen LogP contribution in [0.15, 0.2) is 30.5 Å². The minimum Gasteiger partial charge on any atom is -0.486 e. The number of hydrogen-bond acceptors (Lipinski definition) is 4. The summed E-state index contributed by atoms with van der Waals surface area (Å²) < 4.78 is 11.7. The third kappa shape index (κ3) is 2.74. The van der Waals surface area contributed by atoms with E-state index < -0.39 is 0 Å². The van der Waals surface area contributed by atoms with Gasteiger partial charge in [-0.1, -0.05) is 12.1 Å². The maximum absolute atomic E-state index is 5.95. The number of rotatable bonds is 3. The molecule has 0 radical (unpaired) electrons. The van der Waals surface area contributed by atoms with Crippen molar-refractivity contribution in [2.75, 3.05) is 6.61 Å². The van der Waals surface area contributed by atoms with E-state index in [4.69, 9.17) is 9.47 Å². The molecule has 1 aromatic heterocycles. The summed E-state index contributed by atoms with van der Waals surface area (Å²) in [5, 5.41) is 0. The van der Waals surface area contributed by atoms with Crippen LogP contribution in [0.25, 0.3) is 0 Å². The van der Waals surface area contributed by atoms with Crippen molar-refractivity contribution in [1.82, 2.24) is 9.97 Å². The van der Waals surface area contributed by atoms with E-state index in [0.717, 1.165) is 41.4 Å². The fourth-order valence-corrected chi connectivity index (χ4v) is 2.33. The Morgan fingerprint density at radius 2 is 2.00 bits per heavy atom. The largest absolute Gasteiger partial charge is 0.486 e. The zero-order valence-electron chi connectivity index (χ0n) is 11.8. The quantitative estimate of drug-likeness (QED) is 0.860.